The Hall–Kier alpha value is -0.0300. The van der Waals surface area contributed by atoms with Crippen molar-refractivity contribution in [2.75, 3.05) is 39.8 Å². The van der Waals surface area contributed by atoms with Crippen molar-refractivity contribution in [2.24, 2.45) is 11.8 Å². The van der Waals surface area contributed by atoms with E-state index in [9.17, 15) is 4.79 Å². The lowest BCUT2D eigenvalue weighted by atomic mass is 9.77. The molecule has 130 valence electrons. The van der Waals surface area contributed by atoms with E-state index in [-0.39, 0.29) is 36.3 Å². The van der Waals surface area contributed by atoms with E-state index in [0.29, 0.717) is 11.8 Å². The molecule has 1 atom stereocenters. The summed E-state index contributed by atoms with van der Waals surface area (Å²) in [4.78, 5) is 17.7. The van der Waals surface area contributed by atoms with Crippen LogP contribution >= 0.6 is 24.8 Å². The highest BCUT2D eigenvalue weighted by Crippen LogP contribution is 2.37. The van der Waals surface area contributed by atoms with Gasteiger partial charge in [0.15, 0.2) is 0 Å². The Bertz CT molecular complexity index is 370. The van der Waals surface area contributed by atoms with E-state index in [1.54, 1.807) is 0 Å². The molecule has 1 spiro atoms. The van der Waals surface area contributed by atoms with Crippen molar-refractivity contribution in [1.29, 1.82) is 0 Å². The number of carbonyl (C=O) groups excluding carboxylic acids is 1. The Kier molecular flexibility index (Phi) is 7.44. The molecule has 0 aromatic carbocycles. The SMILES string of the molecule is CC(C(=O)N1CCN(C)CC12CCCCC2)C1CNC1.Cl.Cl. The lowest BCUT2D eigenvalue weighted by molar-refractivity contribution is -0.150. The van der Waals surface area contributed by atoms with E-state index in [1.807, 2.05) is 0 Å². The Morgan fingerprint density at radius 2 is 1.77 bits per heavy atom. The van der Waals surface area contributed by atoms with E-state index in [2.05, 4.69) is 29.1 Å². The molecule has 3 rings (SSSR count). The molecule has 0 aromatic rings. The highest BCUT2D eigenvalue weighted by Gasteiger charge is 2.45. The van der Waals surface area contributed by atoms with Gasteiger partial charge in [-0.05, 0) is 38.9 Å². The van der Waals surface area contributed by atoms with Crippen molar-refractivity contribution in [3.05, 3.63) is 0 Å². The van der Waals surface area contributed by atoms with E-state index in [1.165, 1.54) is 32.1 Å². The zero-order valence-electron chi connectivity index (χ0n) is 13.8. The average molecular weight is 352 g/mol. The number of nitrogens with zero attached hydrogens (tertiary/aromatic N) is 2. The second kappa shape index (κ2) is 8.18. The average Bonchev–Trinajstić information content (AvgIpc) is 2.37. The summed E-state index contributed by atoms with van der Waals surface area (Å²) in [5.41, 5.74) is 0.147. The molecule has 0 bridgehead atoms. The summed E-state index contributed by atoms with van der Waals surface area (Å²) in [5.74, 6) is 1.17. The van der Waals surface area contributed by atoms with Crippen molar-refractivity contribution in [2.45, 2.75) is 44.6 Å². The normalized spacial score (nSPS) is 26.5. The van der Waals surface area contributed by atoms with Gasteiger partial charge in [0.05, 0.1) is 5.54 Å². The summed E-state index contributed by atoms with van der Waals surface area (Å²) in [6, 6.07) is 0. The molecule has 4 nitrogen and oxygen atoms in total. The Morgan fingerprint density at radius 1 is 1.14 bits per heavy atom. The smallest absolute Gasteiger partial charge is 0.226 e. The first-order valence-electron chi connectivity index (χ1n) is 8.33. The molecule has 1 unspecified atom stereocenters. The Morgan fingerprint density at radius 3 is 2.32 bits per heavy atom. The summed E-state index contributed by atoms with van der Waals surface area (Å²) in [6.45, 7) is 7.22. The summed E-state index contributed by atoms with van der Waals surface area (Å²) in [7, 11) is 2.21. The lowest BCUT2D eigenvalue weighted by Crippen LogP contribution is -2.65. The predicted octanol–water partition coefficient (Wildman–Crippen LogP) is 2.16. The summed E-state index contributed by atoms with van der Waals surface area (Å²) < 4.78 is 0. The van der Waals surface area contributed by atoms with Gasteiger partial charge in [-0.2, -0.15) is 0 Å². The maximum Gasteiger partial charge on any atom is 0.226 e. The van der Waals surface area contributed by atoms with Crippen molar-refractivity contribution >= 4 is 30.7 Å². The first kappa shape index (κ1) is 20.0. The molecular weight excluding hydrogens is 321 g/mol. The van der Waals surface area contributed by atoms with Gasteiger partial charge in [-0.1, -0.05) is 26.2 Å². The third-order valence-corrected chi connectivity index (χ3v) is 5.80. The van der Waals surface area contributed by atoms with Crippen molar-refractivity contribution < 1.29 is 4.79 Å². The maximum atomic E-state index is 13.0. The highest BCUT2D eigenvalue weighted by atomic mass is 35.5. The van der Waals surface area contributed by atoms with E-state index in [0.717, 1.165) is 32.7 Å². The van der Waals surface area contributed by atoms with E-state index < -0.39 is 0 Å². The second-order valence-electron chi connectivity index (χ2n) is 7.22. The van der Waals surface area contributed by atoms with Crippen LogP contribution in [0.1, 0.15) is 39.0 Å². The first-order valence-corrected chi connectivity index (χ1v) is 8.33. The van der Waals surface area contributed by atoms with Crippen LogP contribution in [0, 0.1) is 11.8 Å². The number of hydrogen-bond donors (Lipinski definition) is 1. The van der Waals surface area contributed by atoms with Gasteiger partial charge in [-0.3, -0.25) is 4.79 Å². The number of halogens is 2. The fraction of sp³-hybridized carbons (Fsp3) is 0.938. The minimum atomic E-state index is 0. The van der Waals surface area contributed by atoms with Gasteiger partial charge < -0.3 is 15.1 Å². The third-order valence-electron chi connectivity index (χ3n) is 5.80. The number of nitrogens with one attached hydrogen (secondary N) is 1. The van der Waals surface area contributed by atoms with Gasteiger partial charge in [0.25, 0.3) is 0 Å². The number of hydrogen-bond acceptors (Lipinski definition) is 3. The molecule has 2 saturated heterocycles. The molecule has 6 heteroatoms. The monoisotopic (exact) mass is 351 g/mol. The van der Waals surface area contributed by atoms with Crippen LogP contribution < -0.4 is 5.32 Å². The fourth-order valence-electron chi connectivity index (χ4n) is 4.27. The van der Waals surface area contributed by atoms with Crippen molar-refractivity contribution in [3.8, 4) is 0 Å². The fourth-order valence-corrected chi connectivity index (χ4v) is 4.27. The topological polar surface area (TPSA) is 35.6 Å². The molecule has 1 aliphatic carbocycles. The maximum absolute atomic E-state index is 13.0. The van der Waals surface area contributed by atoms with Gasteiger partial charge in [-0.15, -0.1) is 24.8 Å². The van der Waals surface area contributed by atoms with Crippen LogP contribution in [0.3, 0.4) is 0 Å². The van der Waals surface area contributed by atoms with Crippen LogP contribution in [0.25, 0.3) is 0 Å². The minimum Gasteiger partial charge on any atom is -0.334 e. The van der Waals surface area contributed by atoms with E-state index in [4.69, 9.17) is 0 Å². The standard InChI is InChI=1S/C16H29N3O.2ClH/c1-13(14-10-17-11-14)15(20)19-9-8-18(2)12-16(19)6-4-3-5-7-16;;/h13-14,17H,3-12H2,1-2H3;2*1H. The van der Waals surface area contributed by atoms with Crippen LogP contribution in [0.15, 0.2) is 0 Å². The molecule has 0 aromatic heterocycles. The first-order chi connectivity index (χ1) is 9.62. The van der Waals surface area contributed by atoms with Crippen LogP contribution in [-0.2, 0) is 4.79 Å². The number of piperazine rings is 1. The van der Waals surface area contributed by atoms with Crippen LogP contribution in [0.5, 0.6) is 0 Å². The molecule has 1 saturated carbocycles. The van der Waals surface area contributed by atoms with Crippen molar-refractivity contribution in [3.63, 3.8) is 0 Å². The molecular formula is C16H31Cl2N3O. The number of likely N-dealkylation sites (N-methyl/N-ethyl adjacent to an activating group) is 1. The van der Waals surface area contributed by atoms with Crippen molar-refractivity contribution in [1.82, 2.24) is 15.1 Å². The molecule has 0 radical (unpaired) electrons. The van der Waals surface area contributed by atoms with Gasteiger partial charge in [0.1, 0.15) is 0 Å². The molecule has 3 fully saturated rings. The zero-order chi connectivity index (χ0) is 14.2. The number of rotatable bonds is 2. The van der Waals surface area contributed by atoms with Gasteiger partial charge >= 0.3 is 0 Å². The van der Waals surface area contributed by atoms with Crippen LogP contribution in [0.2, 0.25) is 0 Å². The molecule has 2 aliphatic heterocycles. The Balaban J connectivity index is 0.00000121. The largest absolute Gasteiger partial charge is 0.334 e. The van der Waals surface area contributed by atoms with Crippen LogP contribution in [0.4, 0.5) is 0 Å². The van der Waals surface area contributed by atoms with Gasteiger partial charge in [0.2, 0.25) is 5.91 Å². The summed E-state index contributed by atoms with van der Waals surface area (Å²) in [6.07, 6.45) is 6.33. The predicted molar refractivity (Wildman–Crippen MR) is 95.0 cm³/mol. The summed E-state index contributed by atoms with van der Waals surface area (Å²) in [5, 5.41) is 3.30. The summed E-state index contributed by atoms with van der Waals surface area (Å²) >= 11 is 0. The minimum absolute atomic E-state index is 0. The Labute approximate surface area is 147 Å². The van der Waals surface area contributed by atoms with Gasteiger partial charge in [0, 0.05) is 25.6 Å². The quantitative estimate of drug-likeness (QED) is 0.827. The third kappa shape index (κ3) is 3.72. The number of amides is 1. The molecule has 1 amide bonds. The lowest BCUT2D eigenvalue weighted by Gasteiger charge is -2.53. The second-order valence-corrected chi connectivity index (χ2v) is 7.22. The van der Waals surface area contributed by atoms with Crippen LogP contribution in [-0.4, -0.2) is 61.0 Å². The zero-order valence-corrected chi connectivity index (χ0v) is 15.5. The highest BCUT2D eigenvalue weighted by molar-refractivity contribution is 5.85. The molecule has 3 aliphatic rings. The number of carbonyl (C=O) groups is 1. The molecule has 2 heterocycles. The molecule has 22 heavy (non-hydrogen) atoms. The van der Waals surface area contributed by atoms with E-state index >= 15 is 0 Å². The molecule has 1 N–H and O–H groups in total. The van der Waals surface area contributed by atoms with Gasteiger partial charge in [-0.25, -0.2) is 0 Å².